The Morgan fingerprint density at radius 3 is 3.13 bits per heavy atom. The van der Waals surface area contributed by atoms with Gasteiger partial charge < -0.3 is 14.3 Å². The quantitative estimate of drug-likeness (QED) is 0.775. The van der Waals surface area contributed by atoms with Crippen molar-refractivity contribution in [2.45, 2.75) is 24.2 Å². The SMILES string of the molecule is O=C(O)CSc1nnc(C2CCCO2)o1. The molecule has 6 nitrogen and oxygen atoms in total. The second-order valence-electron chi connectivity index (χ2n) is 3.09. The number of hydrogen-bond acceptors (Lipinski definition) is 6. The summed E-state index contributed by atoms with van der Waals surface area (Å²) in [5, 5.41) is 16.3. The molecule has 0 amide bonds. The van der Waals surface area contributed by atoms with Crippen LogP contribution in [0.2, 0.25) is 0 Å². The Morgan fingerprint density at radius 1 is 1.60 bits per heavy atom. The molecule has 0 spiro atoms. The minimum Gasteiger partial charge on any atom is -0.481 e. The molecule has 0 radical (unpaired) electrons. The molecule has 1 aliphatic rings. The lowest BCUT2D eigenvalue weighted by Gasteiger charge is -2.00. The summed E-state index contributed by atoms with van der Waals surface area (Å²) in [7, 11) is 0. The lowest BCUT2D eigenvalue weighted by molar-refractivity contribution is -0.133. The van der Waals surface area contributed by atoms with Crippen molar-refractivity contribution in [2.24, 2.45) is 0 Å². The van der Waals surface area contributed by atoms with Crippen LogP contribution in [0.3, 0.4) is 0 Å². The number of aromatic nitrogens is 2. The summed E-state index contributed by atoms with van der Waals surface area (Å²) >= 11 is 1.01. The fraction of sp³-hybridized carbons (Fsp3) is 0.625. The number of rotatable bonds is 4. The highest BCUT2D eigenvalue weighted by molar-refractivity contribution is 7.99. The molecule has 2 rings (SSSR count). The van der Waals surface area contributed by atoms with Crippen LogP contribution in [0.15, 0.2) is 9.64 Å². The Bertz CT molecular complexity index is 348. The summed E-state index contributed by atoms with van der Waals surface area (Å²) in [6.45, 7) is 0.713. The van der Waals surface area contributed by atoms with Gasteiger partial charge in [-0.15, -0.1) is 10.2 Å². The predicted molar refractivity (Wildman–Crippen MR) is 50.6 cm³/mol. The zero-order chi connectivity index (χ0) is 10.7. The number of hydrogen-bond donors (Lipinski definition) is 1. The van der Waals surface area contributed by atoms with Gasteiger partial charge in [0.1, 0.15) is 11.9 Å². The molecule has 0 aromatic carbocycles. The van der Waals surface area contributed by atoms with Crippen LogP contribution in [0.4, 0.5) is 0 Å². The molecule has 2 heterocycles. The second kappa shape index (κ2) is 4.63. The topological polar surface area (TPSA) is 85.5 Å². The van der Waals surface area contributed by atoms with Gasteiger partial charge in [0.15, 0.2) is 0 Å². The van der Waals surface area contributed by atoms with Crippen LogP contribution in [0.25, 0.3) is 0 Å². The van der Waals surface area contributed by atoms with Crippen molar-refractivity contribution in [3.05, 3.63) is 5.89 Å². The zero-order valence-electron chi connectivity index (χ0n) is 7.88. The lowest BCUT2D eigenvalue weighted by Crippen LogP contribution is -1.97. The molecule has 1 aromatic rings. The van der Waals surface area contributed by atoms with Gasteiger partial charge in [-0.25, -0.2) is 0 Å². The van der Waals surface area contributed by atoms with Gasteiger partial charge in [-0.3, -0.25) is 4.79 Å². The third-order valence-electron chi connectivity index (χ3n) is 1.95. The molecule has 1 unspecified atom stereocenters. The van der Waals surface area contributed by atoms with E-state index in [0.717, 1.165) is 24.6 Å². The van der Waals surface area contributed by atoms with E-state index in [1.807, 2.05) is 0 Å². The Kier molecular flexibility index (Phi) is 3.22. The lowest BCUT2D eigenvalue weighted by atomic mass is 10.2. The van der Waals surface area contributed by atoms with E-state index in [9.17, 15) is 4.79 Å². The highest BCUT2D eigenvalue weighted by atomic mass is 32.2. The Balaban J connectivity index is 1.94. The molecule has 1 N–H and O–H groups in total. The number of nitrogens with zero attached hydrogens (tertiary/aromatic N) is 2. The van der Waals surface area contributed by atoms with Gasteiger partial charge in [-0.2, -0.15) is 0 Å². The average Bonchev–Trinajstić information content (AvgIpc) is 2.85. The largest absolute Gasteiger partial charge is 0.481 e. The zero-order valence-corrected chi connectivity index (χ0v) is 8.70. The summed E-state index contributed by atoms with van der Waals surface area (Å²) in [6.07, 6.45) is 1.76. The van der Waals surface area contributed by atoms with Crippen molar-refractivity contribution in [3.63, 3.8) is 0 Å². The fourth-order valence-electron chi connectivity index (χ4n) is 1.30. The van der Waals surface area contributed by atoms with Gasteiger partial charge in [0.25, 0.3) is 5.22 Å². The average molecular weight is 230 g/mol. The molecule has 82 valence electrons. The number of carbonyl (C=O) groups is 1. The van der Waals surface area contributed by atoms with E-state index >= 15 is 0 Å². The fourth-order valence-corrected chi connectivity index (χ4v) is 1.79. The molecule has 1 aromatic heterocycles. The van der Waals surface area contributed by atoms with Crippen molar-refractivity contribution in [2.75, 3.05) is 12.4 Å². The summed E-state index contributed by atoms with van der Waals surface area (Å²) in [5.74, 6) is -0.537. The van der Waals surface area contributed by atoms with E-state index < -0.39 is 5.97 Å². The van der Waals surface area contributed by atoms with Gasteiger partial charge in [0.05, 0.1) is 0 Å². The van der Waals surface area contributed by atoms with Gasteiger partial charge in [-0.05, 0) is 12.8 Å². The molecule has 1 atom stereocenters. The van der Waals surface area contributed by atoms with Crippen molar-refractivity contribution in [1.82, 2.24) is 10.2 Å². The van der Waals surface area contributed by atoms with Gasteiger partial charge in [-0.1, -0.05) is 11.8 Å². The monoisotopic (exact) mass is 230 g/mol. The first-order chi connectivity index (χ1) is 7.25. The maximum Gasteiger partial charge on any atom is 0.314 e. The van der Waals surface area contributed by atoms with Crippen molar-refractivity contribution in [3.8, 4) is 0 Å². The van der Waals surface area contributed by atoms with Gasteiger partial charge in [0.2, 0.25) is 5.89 Å². The van der Waals surface area contributed by atoms with Crippen LogP contribution in [0.5, 0.6) is 0 Å². The van der Waals surface area contributed by atoms with E-state index in [0.29, 0.717) is 12.5 Å². The Labute approximate surface area is 90.0 Å². The van der Waals surface area contributed by atoms with E-state index in [1.54, 1.807) is 0 Å². The summed E-state index contributed by atoms with van der Waals surface area (Å²) < 4.78 is 10.6. The minimum absolute atomic E-state index is 0.0762. The van der Waals surface area contributed by atoms with Crippen LogP contribution in [0.1, 0.15) is 24.8 Å². The number of carboxylic acids is 1. The molecule has 0 aliphatic carbocycles. The molecule has 0 bridgehead atoms. The first kappa shape index (κ1) is 10.4. The normalized spacial score (nSPS) is 20.7. The number of carboxylic acid groups (broad SMARTS) is 1. The van der Waals surface area contributed by atoms with Gasteiger partial charge >= 0.3 is 5.97 Å². The number of thioether (sulfide) groups is 1. The van der Waals surface area contributed by atoms with E-state index in [-0.39, 0.29) is 17.1 Å². The molecule has 0 saturated carbocycles. The summed E-state index contributed by atoms with van der Waals surface area (Å²) in [6, 6.07) is 0. The molecular weight excluding hydrogens is 220 g/mol. The highest BCUT2D eigenvalue weighted by Gasteiger charge is 2.23. The third kappa shape index (κ3) is 2.69. The molecule has 7 heteroatoms. The first-order valence-corrected chi connectivity index (χ1v) is 5.54. The highest BCUT2D eigenvalue weighted by Crippen LogP contribution is 2.29. The minimum atomic E-state index is -0.906. The number of ether oxygens (including phenoxy) is 1. The predicted octanol–water partition coefficient (Wildman–Crippen LogP) is 1.10. The molecule has 1 fully saturated rings. The maximum atomic E-state index is 10.3. The first-order valence-electron chi connectivity index (χ1n) is 4.55. The van der Waals surface area contributed by atoms with Crippen LogP contribution >= 0.6 is 11.8 Å². The van der Waals surface area contributed by atoms with E-state index in [2.05, 4.69) is 10.2 Å². The van der Waals surface area contributed by atoms with Gasteiger partial charge in [0, 0.05) is 6.61 Å². The van der Waals surface area contributed by atoms with Crippen molar-refractivity contribution >= 4 is 17.7 Å². The Morgan fingerprint density at radius 2 is 2.47 bits per heavy atom. The molecule has 15 heavy (non-hydrogen) atoms. The van der Waals surface area contributed by atoms with Crippen LogP contribution in [-0.2, 0) is 9.53 Å². The van der Waals surface area contributed by atoms with Crippen LogP contribution in [-0.4, -0.2) is 33.6 Å². The van der Waals surface area contributed by atoms with E-state index in [1.165, 1.54) is 0 Å². The Hall–Kier alpha value is -1.08. The maximum absolute atomic E-state index is 10.3. The standard InChI is InChI=1S/C8H10N2O4S/c11-6(12)4-15-8-10-9-7(14-8)5-2-1-3-13-5/h5H,1-4H2,(H,11,12). The van der Waals surface area contributed by atoms with Crippen molar-refractivity contribution in [1.29, 1.82) is 0 Å². The van der Waals surface area contributed by atoms with E-state index in [4.69, 9.17) is 14.3 Å². The van der Waals surface area contributed by atoms with Crippen molar-refractivity contribution < 1.29 is 19.1 Å². The molecular formula is C8H10N2O4S. The number of aliphatic carboxylic acids is 1. The smallest absolute Gasteiger partial charge is 0.314 e. The third-order valence-corrected chi connectivity index (χ3v) is 2.75. The second-order valence-corrected chi connectivity index (χ2v) is 4.02. The molecule has 1 saturated heterocycles. The molecule has 1 aliphatic heterocycles. The summed E-state index contributed by atoms with van der Waals surface area (Å²) in [5.41, 5.74) is 0. The van der Waals surface area contributed by atoms with Crippen LogP contribution < -0.4 is 0 Å². The van der Waals surface area contributed by atoms with Crippen LogP contribution in [0, 0.1) is 0 Å². The summed E-state index contributed by atoms with van der Waals surface area (Å²) in [4.78, 5) is 10.3.